The monoisotopic (exact) mass is 344 g/mol. The molecule has 0 bridgehead atoms. The Morgan fingerprint density at radius 3 is 2.62 bits per heavy atom. The first-order valence-corrected chi connectivity index (χ1v) is 7.04. The predicted molar refractivity (Wildman–Crippen MR) is 84.1 cm³/mol. The van der Waals surface area contributed by atoms with Crippen molar-refractivity contribution >= 4 is 27.5 Å². The van der Waals surface area contributed by atoms with E-state index in [9.17, 15) is 10.1 Å². The van der Waals surface area contributed by atoms with Crippen LogP contribution in [0.2, 0.25) is 0 Å². The number of benzene rings is 2. The molecule has 0 heterocycles. The Balaban J connectivity index is 2.23. The smallest absolute Gasteiger partial charge is 0.246 e. The molecule has 0 spiro atoms. The zero-order chi connectivity index (χ0) is 15.2. The second-order valence-electron chi connectivity index (χ2n) is 4.31. The number of methoxy groups -OCH3 is 1. The number of rotatable bonds is 4. The summed E-state index contributed by atoms with van der Waals surface area (Å²) in [5.41, 5.74) is 1.23. The number of ether oxygens (including phenoxy) is 1. The summed E-state index contributed by atoms with van der Waals surface area (Å²) in [7, 11) is 1.55. The van der Waals surface area contributed by atoms with Gasteiger partial charge in [-0.05, 0) is 33.6 Å². The number of hydrogen-bond donors (Lipinski definition) is 1. The third-order valence-corrected chi connectivity index (χ3v) is 3.65. The highest BCUT2D eigenvalue weighted by Crippen LogP contribution is 2.28. The summed E-state index contributed by atoms with van der Waals surface area (Å²) in [6.07, 6.45) is 0. The third-order valence-electron chi connectivity index (χ3n) is 2.96. The van der Waals surface area contributed by atoms with Gasteiger partial charge in [0.05, 0.1) is 18.9 Å². The van der Waals surface area contributed by atoms with E-state index < -0.39 is 5.92 Å². The van der Waals surface area contributed by atoms with Crippen LogP contribution in [0.15, 0.2) is 53.0 Å². The first kappa shape index (κ1) is 15.1. The number of carbonyl (C=O) groups excluding carboxylic acids is 1. The maximum atomic E-state index is 12.3. The molecule has 5 heteroatoms. The second kappa shape index (κ2) is 6.91. The molecular weight excluding hydrogens is 332 g/mol. The highest BCUT2D eigenvalue weighted by molar-refractivity contribution is 9.10. The molecule has 0 aromatic heterocycles. The van der Waals surface area contributed by atoms with Crippen molar-refractivity contribution < 1.29 is 9.53 Å². The Bertz CT molecular complexity index is 680. The molecule has 1 N–H and O–H groups in total. The molecule has 2 rings (SSSR count). The molecule has 21 heavy (non-hydrogen) atoms. The largest absolute Gasteiger partial charge is 0.497 e. The van der Waals surface area contributed by atoms with Crippen molar-refractivity contribution in [2.24, 2.45) is 0 Å². The van der Waals surface area contributed by atoms with Gasteiger partial charge in [0.1, 0.15) is 5.75 Å². The van der Waals surface area contributed by atoms with E-state index >= 15 is 0 Å². The summed E-state index contributed by atoms with van der Waals surface area (Å²) in [5.74, 6) is -0.608. The van der Waals surface area contributed by atoms with Crippen LogP contribution in [-0.2, 0) is 4.79 Å². The molecular formula is C16H13BrN2O2. The summed E-state index contributed by atoms with van der Waals surface area (Å²) in [4.78, 5) is 12.3. The Morgan fingerprint density at radius 2 is 2.00 bits per heavy atom. The van der Waals surface area contributed by atoms with Crippen LogP contribution >= 0.6 is 15.9 Å². The van der Waals surface area contributed by atoms with Gasteiger partial charge >= 0.3 is 0 Å². The van der Waals surface area contributed by atoms with Crippen molar-refractivity contribution in [3.05, 3.63) is 58.6 Å². The summed E-state index contributed by atoms with van der Waals surface area (Å²) in [6, 6.07) is 16.2. The van der Waals surface area contributed by atoms with Crippen molar-refractivity contribution in [2.45, 2.75) is 5.92 Å². The topological polar surface area (TPSA) is 62.1 Å². The second-order valence-corrected chi connectivity index (χ2v) is 5.16. The highest BCUT2D eigenvalue weighted by Gasteiger charge is 2.20. The molecule has 0 saturated heterocycles. The molecule has 1 atom stereocenters. The summed E-state index contributed by atoms with van der Waals surface area (Å²) in [6.45, 7) is 0. The molecule has 2 aromatic rings. The molecule has 0 radical (unpaired) electrons. The van der Waals surface area contributed by atoms with Crippen LogP contribution in [0.3, 0.4) is 0 Å². The highest BCUT2D eigenvalue weighted by atomic mass is 79.9. The van der Waals surface area contributed by atoms with Gasteiger partial charge in [0.2, 0.25) is 5.91 Å². The van der Waals surface area contributed by atoms with Crippen LogP contribution in [0.5, 0.6) is 5.75 Å². The number of nitriles is 1. The number of nitrogens with zero attached hydrogens (tertiary/aromatic N) is 1. The Kier molecular flexibility index (Phi) is 4.96. The molecule has 0 fully saturated rings. The van der Waals surface area contributed by atoms with Crippen LogP contribution in [-0.4, -0.2) is 13.0 Å². The lowest BCUT2D eigenvalue weighted by Gasteiger charge is -2.12. The third kappa shape index (κ3) is 3.61. The fourth-order valence-electron chi connectivity index (χ4n) is 1.86. The Morgan fingerprint density at radius 1 is 1.29 bits per heavy atom. The molecule has 106 valence electrons. The minimum atomic E-state index is -0.857. The SMILES string of the molecule is COc1ccc(Br)c(NC(=O)C(C#N)c2ccccc2)c1. The lowest BCUT2D eigenvalue weighted by atomic mass is 10.00. The predicted octanol–water partition coefficient (Wildman–Crippen LogP) is 3.70. The number of nitrogens with one attached hydrogen (secondary N) is 1. The Labute approximate surface area is 131 Å². The van der Waals surface area contributed by atoms with Crippen LogP contribution in [0.1, 0.15) is 11.5 Å². The maximum absolute atomic E-state index is 12.3. The van der Waals surface area contributed by atoms with E-state index in [1.54, 1.807) is 49.6 Å². The zero-order valence-corrected chi connectivity index (χ0v) is 12.9. The van der Waals surface area contributed by atoms with Crippen molar-refractivity contribution in [2.75, 3.05) is 12.4 Å². The number of amides is 1. The van der Waals surface area contributed by atoms with Crippen LogP contribution in [0.25, 0.3) is 0 Å². The van der Waals surface area contributed by atoms with Crippen molar-refractivity contribution in [1.82, 2.24) is 0 Å². The quantitative estimate of drug-likeness (QED) is 0.919. The van der Waals surface area contributed by atoms with Crippen molar-refractivity contribution in [3.63, 3.8) is 0 Å². The van der Waals surface area contributed by atoms with E-state index in [0.717, 1.165) is 4.47 Å². The molecule has 1 amide bonds. The summed E-state index contributed by atoms with van der Waals surface area (Å²) in [5, 5.41) is 12.0. The van der Waals surface area contributed by atoms with Gasteiger partial charge in [0.25, 0.3) is 0 Å². The Hall–Kier alpha value is -2.32. The van der Waals surface area contributed by atoms with E-state index in [4.69, 9.17) is 4.74 Å². The van der Waals surface area contributed by atoms with Crippen LogP contribution in [0.4, 0.5) is 5.69 Å². The van der Waals surface area contributed by atoms with Gasteiger partial charge in [-0.3, -0.25) is 4.79 Å². The standard InChI is InChI=1S/C16H13BrN2O2/c1-21-12-7-8-14(17)15(9-12)19-16(20)13(10-18)11-5-3-2-4-6-11/h2-9,13H,1H3,(H,19,20). The minimum Gasteiger partial charge on any atom is -0.497 e. The van der Waals surface area contributed by atoms with Gasteiger partial charge in [0, 0.05) is 10.5 Å². The molecule has 0 aliphatic rings. The number of carbonyl (C=O) groups is 1. The van der Waals surface area contributed by atoms with E-state index in [1.807, 2.05) is 12.1 Å². The number of halogens is 1. The average molecular weight is 345 g/mol. The van der Waals surface area contributed by atoms with Crippen molar-refractivity contribution in [1.29, 1.82) is 5.26 Å². The van der Waals surface area contributed by atoms with Crippen LogP contribution < -0.4 is 10.1 Å². The zero-order valence-electron chi connectivity index (χ0n) is 11.3. The van der Waals surface area contributed by atoms with Gasteiger partial charge < -0.3 is 10.1 Å². The fourth-order valence-corrected chi connectivity index (χ4v) is 2.21. The first-order valence-electron chi connectivity index (χ1n) is 6.24. The molecule has 4 nitrogen and oxygen atoms in total. The summed E-state index contributed by atoms with van der Waals surface area (Å²) < 4.78 is 5.85. The lowest BCUT2D eigenvalue weighted by Crippen LogP contribution is -2.20. The normalized spacial score (nSPS) is 11.3. The lowest BCUT2D eigenvalue weighted by molar-refractivity contribution is -0.116. The van der Waals surface area contributed by atoms with E-state index in [2.05, 4.69) is 21.2 Å². The first-order chi connectivity index (χ1) is 10.2. The van der Waals surface area contributed by atoms with Gasteiger partial charge in [-0.15, -0.1) is 0 Å². The molecule has 0 saturated carbocycles. The molecule has 0 aliphatic heterocycles. The molecule has 2 aromatic carbocycles. The van der Waals surface area contributed by atoms with Gasteiger partial charge in [-0.2, -0.15) is 5.26 Å². The van der Waals surface area contributed by atoms with E-state index in [-0.39, 0.29) is 5.91 Å². The van der Waals surface area contributed by atoms with Gasteiger partial charge in [-0.25, -0.2) is 0 Å². The minimum absolute atomic E-state index is 0.377. The molecule has 0 aliphatic carbocycles. The molecule has 1 unspecified atom stereocenters. The van der Waals surface area contributed by atoms with Gasteiger partial charge in [-0.1, -0.05) is 30.3 Å². The van der Waals surface area contributed by atoms with Crippen molar-refractivity contribution in [3.8, 4) is 11.8 Å². The van der Waals surface area contributed by atoms with Crippen LogP contribution in [0, 0.1) is 11.3 Å². The van der Waals surface area contributed by atoms with E-state index in [0.29, 0.717) is 17.0 Å². The maximum Gasteiger partial charge on any atom is 0.246 e. The number of anilines is 1. The van der Waals surface area contributed by atoms with E-state index in [1.165, 1.54) is 0 Å². The summed E-state index contributed by atoms with van der Waals surface area (Å²) >= 11 is 3.36. The fraction of sp³-hybridized carbons (Fsp3) is 0.125. The van der Waals surface area contributed by atoms with Gasteiger partial charge in [0.15, 0.2) is 5.92 Å². The number of hydrogen-bond acceptors (Lipinski definition) is 3. The average Bonchev–Trinajstić information content (AvgIpc) is 2.51.